The lowest BCUT2D eigenvalue weighted by Crippen LogP contribution is -2.37. The van der Waals surface area contributed by atoms with E-state index in [1.54, 1.807) is 4.68 Å². The molecule has 18 heavy (non-hydrogen) atoms. The number of nitrogens with one attached hydrogen (secondary N) is 2. The number of aromatic nitrogens is 2. The highest BCUT2D eigenvalue weighted by molar-refractivity contribution is 14.0. The molecule has 0 aliphatic rings. The fourth-order valence-corrected chi connectivity index (χ4v) is 1.37. The molecule has 0 aromatic carbocycles. The van der Waals surface area contributed by atoms with Crippen molar-refractivity contribution in [2.75, 3.05) is 19.6 Å². The average molecular weight is 361 g/mol. The highest BCUT2D eigenvalue weighted by atomic mass is 127. The molecule has 100 valence electrons. The van der Waals surface area contributed by atoms with Gasteiger partial charge in [0.1, 0.15) is 0 Å². The van der Waals surface area contributed by atoms with Crippen molar-refractivity contribution >= 4 is 29.9 Å². The van der Waals surface area contributed by atoms with Crippen molar-refractivity contribution < 1.29 is 0 Å². The van der Waals surface area contributed by atoms with Gasteiger partial charge in [0.15, 0.2) is 5.96 Å². The van der Waals surface area contributed by atoms with Crippen LogP contribution in [-0.4, -0.2) is 35.4 Å². The Morgan fingerprint density at radius 3 is 2.89 bits per heavy atom. The van der Waals surface area contributed by atoms with Crippen LogP contribution in [0.15, 0.2) is 17.4 Å². The second-order valence-corrected chi connectivity index (χ2v) is 3.59. The maximum atomic E-state index is 5.19. The van der Waals surface area contributed by atoms with Crippen molar-refractivity contribution in [3.05, 3.63) is 18.0 Å². The molecule has 5 nitrogen and oxygen atoms in total. The minimum absolute atomic E-state index is 0. The molecule has 0 amide bonds. The molecule has 0 saturated carbocycles. The van der Waals surface area contributed by atoms with Crippen LogP contribution in [0.4, 0.5) is 0 Å². The number of hydrogen-bond acceptors (Lipinski definition) is 2. The van der Waals surface area contributed by atoms with E-state index >= 15 is 0 Å². The first kappa shape index (κ1) is 16.8. The zero-order chi connectivity index (χ0) is 12.5. The molecule has 0 saturated heterocycles. The van der Waals surface area contributed by atoms with Crippen LogP contribution >= 0.6 is 24.0 Å². The lowest BCUT2D eigenvalue weighted by atomic mass is 10.3. The van der Waals surface area contributed by atoms with Crippen molar-refractivity contribution in [1.82, 2.24) is 20.4 Å². The monoisotopic (exact) mass is 361 g/mol. The maximum absolute atomic E-state index is 5.19. The van der Waals surface area contributed by atoms with Crippen molar-refractivity contribution in [2.24, 2.45) is 12.0 Å². The van der Waals surface area contributed by atoms with Gasteiger partial charge in [-0.05, 0) is 18.9 Å². The third-order valence-corrected chi connectivity index (χ3v) is 2.13. The van der Waals surface area contributed by atoms with Crippen LogP contribution in [-0.2, 0) is 13.5 Å². The van der Waals surface area contributed by atoms with Gasteiger partial charge in [-0.3, -0.25) is 9.67 Å². The predicted molar refractivity (Wildman–Crippen MR) is 85.1 cm³/mol. The highest BCUT2D eigenvalue weighted by Gasteiger charge is 1.97. The summed E-state index contributed by atoms with van der Waals surface area (Å²) in [6.45, 7) is 4.04. The number of halogens is 1. The van der Waals surface area contributed by atoms with Crippen LogP contribution in [0.25, 0.3) is 0 Å². The van der Waals surface area contributed by atoms with Crippen LogP contribution in [0.2, 0.25) is 0 Å². The molecule has 1 aromatic rings. The second kappa shape index (κ2) is 9.76. The van der Waals surface area contributed by atoms with Crippen molar-refractivity contribution in [3.8, 4) is 12.3 Å². The zero-order valence-electron chi connectivity index (χ0n) is 10.8. The molecule has 0 fully saturated rings. The Hall–Kier alpha value is -1.23. The first-order chi connectivity index (χ1) is 8.26. The number of aliphatic imine (C=N–C) groups is 1. The quantitative estimate of drug-likeness (QED) is 0.353. The van der Waals surface area contributed by atoms with Gasteiger partial charge in [-0.15, -0.1) is 30.4 Å². The molecule has 0 aliphatic carbocycles. The van der Waals surface area contributed by atoms with Gasteiger partial charge in [0.2, 0.25) is 0 Å². The molecule has 0 atom stereocenters. The number of terminal acetylenes is 1. The van der Waals surface area contributed by atoms with Gasteiger partial charge in [-0.1, -0.05) is 5.92 Å². The lowest BCUT2D eigenvalue weighted by molar-refractivity contribution is 0.766. The molecule has 6 heteroatoms. The maximum Gasteiger partial charge on any atom is 0.192 e. The van der Waals surface area contributed by atoms with E-state index in [0.29, 0.717) is 13.1 Å². The first-order valence-electron chi connectivity index (χ1n) is 5.69. The van der Waals surface area contributed by atoms with Crippen LogP contribution < -0.4 is 10.6 Å². The Bertz CT molecular complexity index is 405. The van der Waals surface area contributed by atoms with E-state index in [-0.39, 0.29) is 24.0 Å². The van der Waals surface area contributed by atoms with Gasteiger partial charge in [-0.2, -0.15) is 5.10 Å². The van der Waals surface area contributed by atoms with Gasteiger partial charge in [-0.25, -0.2) is 0 Å². The number of rotatable bonds is 5. The van der Waals surface area contributed by atoms with Gasteiger partial charge in [0.05, 0.1) is 12.7 Å². The van der Waals surface area contributed by atoms with E-state index in [1.165, 1.54) is 5.56 Å². The van der Waals surface area contributed by atoms with Crippen molar-refractivity contribution in [3.63, 3.8) is 0 Å². The molecule has 0 radical (unpaired) electrons. The Balaban J connectivity index is 0.00000289. The van der Waals surface area contributed by atoms with Gasteiger partial charge in [0.25, 0.3) is 0 Å². The van der Waals surface area contributed by atoms with E-state index in [0.717, 1.165) is 18.9 Å². The smallest absolute Gasteiger partial charge is 0.192 e. The normalized spacial score (nSPS) is 10.4. The summed E-state index contributed by atoms with van der Waals surface area (Å²) in [6, 6.07) is 0. The van der Waals surface area contributed by atoms with Gasteiger partial charge >= 0.3 is 0 Å². The number of guanidine groups is 1. The van der Waals surface area contributed by atoms with Crippen LogP contribution in [0.1, 0.15) is 12.5 Å². The first-order valence-corrected chi connectivity index (χ1v) is 5.69. The molecule has 1 aromatic heterocycles. The topological polar surface area (TPSA) is 54.2 Å². The summed E-state index contributed by atoms with van der Waals surface area (Å²) >= 11 is 0. The molecular weight excluding hydrogens is 341 g/mol. The molecule has 0 bridgehead atoms. The SMILES string of the molecule is C#CCNC(=NCCc1cnn(C)c1)NCC.I. The Kier molecular flexibility index (Phi) is 9.10. The molecular formula is C12H20IN5. The third kappa shape index (κ3) is 6.49. The summed E-state index contributed by atoms with van der Waals surface area (Å²) in [6.07, 6.45) is 9.92. The summed E-state index contributed by atoms with van der Waals surface area (Å²) in [7, 11) is 1.91. The van der Waals surface area contributed by atoms with E-state index in [2.05, 4.69) is 26.6 Å². The zero-order valence-corrected chi connectivity index (χ0v) is 13.1. The lowest BCUT2D eigenvalue weighted by Gasteiger charge is -2.08. The largest absolute Gasteiger partial charge is 0.357 e. The Morgan fingerprint density at radius 1 is 1.56 bits per heavy atom. The summed E-state index contributed by atoms with van der Waals surface area (Å²) in [5.74, 6) is 3.28. The summed E-state index contributed by atoms with van der Waals surface area (Å²) < 4.78 is 1.79. The summed E-state index contributed by atoms with van der Waals surface area (Å²) in [4.78, 5) is 4.42. The van der Waals surface area contributed by atoms with E-state index < -0.39 is 0 Å². The van der Waals surface area contributed by atoms with E-state index in [1.807, 2.05) is 26.4 Å². The van der Waals surface area contributed by atoms with Gasteiger partial charge < -0.3 is 10.6 Å². The van der Waals surface area contributed by atoms with E-state index in [9.17, 15) is 0 Å². The Morgan fingerprint density at radius 2 is 2.33 bits per heavy atom. The van der Waals surface area contributed by atoms with Crippen molar-refractivity contribution in [2.45, 2.75) is 13.3 Å². The van der Waals surface area contributed by atoms with Crippen LogP contribution in [0.3, 0.4) is 0 Å². The highest BCUT2D eigenvalue weighted by Crippen LogP contribution is 1.97. The van der Waals surface area contributed by atoms with Gasteiger partial charge in [0, 0.05) is 26.3 Å². The minimum Gasteiger partial charge on any atom is -0.357 e. The van der Waals surface area contributed by atoms with Crippen LogP contribution in [0.5, 0.6) is 0 Å². The predicted octanol–water partition coefficient (Wildman–Crippen LogP) is 0.769. The Labute approximate surface area is 125 Å². The molecule has 1 rings (SSSR count). The summed E-state index contributed by atoms with van der Waals surface area (Å²) in [5, 5.41) is 10.3. The number of nitrogens with zero attached hydrogens (tertiary/aromatic N) is 3. The third-order valence-electron chi connectivity index (χ3n) is 2.13. The molecule has 0 spiro atoms. The number of aryl methyl sites for hydroxylation is 1. The minimum atomic E-state index is 0. The van der Waals surface area contributed by atoms with E-state index in [4.69, 9.17) is 6.42 Å². The standard InChI is InChI=1S/C12H19N5.HI/c1-4-7-14-12(13-5-2)15-8-6-11-9-16-17(3)10-11;/h1,9-10H,5-8H2,2-3H3,(H2,13,14,15);1H. The average Bonchev–Trinajstić information content (AvgIpc) is 2.72. The van der Waals surface area contributed by atoms with Crippen molar-refractivity contribution in [1.29, 1.82) is 0 Å². The second-order valence-electron chi connectivity index (χ2n) is 3.59. The van der Waals surface area contributed by atoms with Crippen LogP contribution in [0, 0.1) is 12.3 Å². The fraction of sp³-hybridized carbons (Fsp3) is 0.500. The molecule has 0 aliphatic heterocycles. The molecule has 1 heterocycles. The number of hydrogen-bond donors (Lipinski definition) is 2. The molecule has 2 N–H and O–H groups in total. The molecule has 0 unspecified atom stereocenters. The summed E-state index contributed by atoms with van der Waals surface area (Å²) in [5.41, 5.74) is 1.18. The fourth-order valence-electron chi connectivity index (χ4n) is 1.37.